The van der Waals surface area contributed by atoms with Crippen LogP contribution < -0.4 is 10.6 Å². The van der Waals surface area contributed by atoms with Crippen LogP contribution in [0.3, 0.4) is 0 Å². The van der Waals surface area contributed by atoms with Crippen LogP contribution >= 0.6 is 11.3 Å². The molecule has 2 aromatic rings. The van der Waals surface area contributed by atoms with Gasteiger partial charge in [0.15, 0.2) is 0 Å². The number of hydrogen-bond donors (Lipinski definition) is 2. The van der Waals surface area contributed by atoms with E-state index in [1.165, 1.54) is 27.3 Å². The van der Waals surface area contributed by atoms with E-state index in [1.807, 2.05) is 12.1 Å². The maximum atomic E-state index is 12.5. The van der Waals surface area contributed by atoms with Crippen LogP contribution in [0.15, 0.2) is 24.3 Å². The first-order chi connectivity index (χ1) is 11.6. The summed E-state index contributed by atoms with van der Waals surface area (Å²) >= 11 is 1.52. The number of benzene rings is 1. The Balaban J connectivity index is 1.73. The molecule has 4 nitrogen and oxygen atoms in total. The first kappa shape index (κ1) is 16.7. The van der Waals surface area contributed by atoms with Gasteiger partial charge >= 0.3 is 0 Å². The van der Waals surface area contributed by atoms with Crippen LogP contribution in [-0.4, -0.2) is 12.5 Å². The van der Waals surface area contributed by atoms with E-state index in [0.29, 0.717) is 17.0 Å². The molecule has 1 atom stereocenters. The van der Waals surface area contributed by atoms with E-state index < -0.39 is 0 Å². The van der Waals surface area contributed by atoms with Crippen molar-refractivity contribution in [2.75, 3.05) is 11.9 Å². The normalized spacial score (nSPS) is 14.5. The molecule has 0 radical (unpaired) electrons. The lowest BCUT2D eigenvalue weighted by Crippen LogP contribution is -2.22. The molecule has 24 heavy (non-hydrogen) atoms. The summed E-state index contributed by atoms with van der Waals surface area (Å²) in [6.07, 6.45) is 1.26. The van der Waals surface area contributed by atoms with E-state index in [9.17, 15) is 10.1 Å². The Morgan fingerprint density at radius 3 is 3.00 bits per heavy atom. The molecule has 2 heterocycles. The highest BCUT2D eigenvalue weighted by Gasteiger charge is 2.22. The average Bonchev–Trinajstić information content (AvgIpc) is 2.91. The lowest BCUT2D eigenvalue weighted by atomic mass is 9.93. The monoisotopic (exact) mass is 339 g/mol. The summed E-state index contributed by atoms with van der Waals surface area (Å²) < 4.78 is 0. The zero-order valence-electron chi connectivity index (χ0n) is 14.0. The van der Waals surface area contributed by atoms with Crippen LogP contribution in [0.5, 0.6) is 0 Å². The second-order valence-corrected chi connectivity index (χ2v) is 7.36. The number of hydrogen-bond acceptors (Lipinski definition) is 4. The molecule has 1 aromatic heterocycles. The van der Waals surface area contributed by atoms with Crippen molar-refractivity contribution in [1.82, 2.24) is 5.32 Å². The maximum Gasteiger partial charge on any atom is 0.225 e. The van der Waals surface area contributed by atoms with Gasteiger partial charge in [0.25, 0.3) is 0 Å². The van der Waals surface area contributed by atoms with Gasteiger partial charge in [0.2, 0.25) is 5.91 Å². The summed E-state index contributed by atoms with van der Waals surface area (Å²) in [5.74, 6) is 0.113. The number of nitrogens with one attached hydrogen (secondary N) is 2. The predicted octanol–water partition coefficient (Wildman–Crippen LogP) is 3.71. The maximum absolute atomic E-state index is 12.5. The second kappa shape index (κ2) is 7.16. The standard InChI is InChI=1S/C19H21N3OS/c1-12-5-3-4-6-14(12)13(2)9-18(23)22-19-16(10-20)15-7-8-21-11-17(15)24-19/h3-6,13,21H,7-9,11H2,1-2H3,(H,22,23)/t13-/m0/s1. The van der Waals surface area contributed by atoms with Crippen LogP contribution in [-0.2, 0) is 17.8 Å². The van der Waals surface area contributed by atoms with E-state index in [1.54, 1.807) is 0 Å². The molecule has 0 unspecified atom stereocenters. The van der Waals surface area contributed by atoms with E-state index in [-0.39, 0.29) is 11.8 Å². The quantitative estimate of drug-likeness (QED) is 0.892. The average molecular weight is 339 g/mol. The Morgan fingerprint density at radius 2 is 2.25 bits per heavy atom. The van der Waals surface area contributed by atoms with Crippen LogP contribution in [0.1, 0.15) is 46.4 Å². The molecule has 0 saturated heterocycles. The molecule has 0 saturated carbocycles. The van der Waals surface area contributed by atoms with Crippen molar-refractivity contribution in [1.29, 1.82) is 5.26 Å². The molecular weight excluding hydrogens is 318 g/mol. The summed E-state index contributed by atoms with van der Waals surface area (Å²) in [6.45, 7) is 5.80. The molecule has 1 amide bonds. The number of anilines is 1. The highest BCUT2D eigenvalue weighted by Crippen LogP contribution is 2.35. The molecule has 2 N–H and O–H groups in total. The van der Waals surface area contributed by atoms with Crippen molar-refractivity contribution in [2.24, 2.45) is 0 Å². The summed E-state index contributed by atoms with van der Waals surface area (Å²) in [7, 11) is 0. The lowest BCUT2D eigenvalue weighted by Gasteiger charge is -2.14. The Bertz CT molecular complexity index is 803. The fraction of sp³-hybridized carbons (Fsp3) is 0.368. The second-order valence-electron chi connectivity index (χ2n) is 6.26. The Labute approximate surface area is 146 Å². The van der Waals surface area contributed by atoms with E-state index >= 15 is 0 Å². The Morgan fingerprint density at radius 1 is 1.46 bits per heavy atom. The number of carbonyl (C=O) groups excluding carboxylic acids is 1. The Kier molecular flexibility index (Phi) is 4.98. The third kappa shape index (κ3) is 3.35. The van der Waals surface area contributed by atoms with Crippen LogP contribution in [0, 0.1) is 18.3 Å². The van der Waals surface area contributed by atoms with Gasteiger partial charge in [0.05, 0.1) is 5.56 Å². The zero-order chi connectivity index (χ0) is 17.1. The molecule has 0 fully saturated rings. The largest absolute Gasteiger partial charge is 0.317 e. The van der Waals surface area contributed by atoms with E-state index in [4.69, 9.17) is 0 Å². The third-order valence-electron chi connectivity index (χ3n) is 4.50. The number of nitriles is 1. The van der Waals surface area contributed by atoms with Crippen molar-refractivity contribution in [3.63, 3.8) is 0 Å². The molecule has 0 aliphatic carbocycles. The molecule has 0 spiro atoms. The summed E-state index contributed by atoms with van der Waals surface area (Å²) in [5, 5.41) is 16.4. The van der Waals surface area contributed by atoms with Crippen LogP contribution in [0.4, 0.5) is 5.00 Å². The molecule has 124 valence electrons. The first-order valence-corrected chi connectivity index (χ1v) is 9.02. The number of thiophene rings is 1. The number of fused-ring (bicyclic) bond motifs is 1. The first-order valence-electron chi connectivity index (χ1n) is 8.21. The van der Waals surface area contributed by atoms with Crippen molar-refractivity contribution in [3.05, 3.63) is 51.4 Å². The van der Waals surface area contributed by atoms with Crippen molar-refractivity contribution in [2.45, 2.75) is 39.2 Å². The minimum absolute atomic E-state index is 0.0335. The van der Waals surface area contributed by atoms with E-state index in [2.05, 4.69) is 42.7 Å². The van der Waals surface area contributed by atoms with Crippen LogP contribution in [0.2, 0.25) is 0 Å². The minimum atomic E-state index is -0.0335. The van der Waals surface area contributed by atoms with Crippen LogP contribution in [0.25, 0.3) is 0 Å². The molecule has 1 aliphatic heterocycles. The molecule has 3 rings (SSSR count). The Hall–Kier alpha value is -2.16. The molecule has 1 aliphatic rings. The summed E-state index contributed by atoms with van der Waals surface area (Å²) in [6, 6.07) is 10.4. The highest BCUT2D eigenvalue weighted by atomic mass is 32.1. The lowest BCUT2D eigenvalue weighted by molar-refractivity contribution is -0.116. The molecule has 5 heteroatoms. The van der Waals surface area contributed by atoms with Gasteiger partial charge in [-0.2, -0.15) is 5.26 Å². The van der Waals surface area contributed by atoms with Crippen molar-refractivity contribution in [3.8, 4) is 6.07 Å². The number of nitrogens with zero attached hydrogens (tertiary/aromatic N) is 1. The third-order valence-corrected chi connectivity index (χ3v) is 5.65. The molecule has 0 bridgehead atoms. The van der Waals surface area contributed by atoms with Gasteiger partial charge in [-0.1, -0.05) is 31.2 Å². The van der Waals surface area contributed by atoms with Gasteiger partial charge in [-0.05, 0) is 42.5 Å². The van der Waals surface area contributed by atoms with Crippen molar-refractivity contribution < 1.29 is 4.79 Å². The highest BCUT2D eigenvalue weighted by molar-refractivity contribution is 7.16. The minimum Gasteiger partial charge on any atom is -0.317 e. The zero-order valence-corrected chi connectivity index (χ0v) is 14.8. The molecule has 1 aromatic carbocycles. The van der Waals surface area contributed by atoms with Gasteiger partial charge in [-0.25, -0.2) is 0 Å². The number of carbonyl (C=O) groups is 1. The molecular formula is C19H21N3OS. The number of rotatable bonds is 4. The SMILES string of the molecule is Cc1ccccc1[C@@H](C)CC(=O)Nc1sc2c(c1C#N)CCNC2. The van der Waals surface area contributed by atoms with Gasteiger partial charge in [-0.15, -0.1) is 11.3 Å². The van der Waals surface area contributed by atoms with Gasteiger partial charge in [-0.3, -0.25) is 4.79 Å². The fourth-order valence-electron chi connectivity index (χ4n) is 3.25. The van der Waals surface area contributed by atoms with Crippen molar-refractivity contribution >= 4 is 22.2 Å². The van der Waals surface area contributed by atoms with Gasteiger partial charge in [0.1, 0.15) is 11.1 Å². The van der Waals surface area contributed by atoms with E-state index in [0.717, 1.165) is 25.1 Å². The topological polar surface area (TPSA) is 64.9 Å². The summed E-state index contributed by atoms with van der Waals surface area (Å²) in [4.78, 5) is 13.6. The number of aryl methyl sites for hydroxylation is 1. The summed E-state index contributed by atoms with van der Waals surface area (Å²) in [5.41, 5.74) is 4.15. The smallest absolute Gasteiger partial charge is 0.225 e. The van der Waals surface area contributed by atoms with Gasteiger partial charge in [0, 0.05) is 17.8 Å². The van der Waals surface area contributed by atoms with Gasteiger partial charge < -0.3 is 10.6 Å². The fourth-order valence-corrected chi connectivity index (χ4v) is 4.43. The number of amides is 1. The predicted molar refractivity (Wildman–Crippen MR) is 97.3 cm³/mol.